The zero-order valence-electron chi connectivity index (χ0n) is 11.4. The number of aromatic amines is 1. The van der Waals surface area contributed by atoms with E-state index in [9.17, 15) is 9.59 Å². The van der Waals surface area contributed by atoms with Crippen LogP contribution < -0.4 is 16.4 Å². The molecule has 0 bridgehead atoms. The summed E-state index contributed by atoms with van der Waals surface area (Å²) in [6.07, 6.45) is 1.80. The van der Waals surface area contributed by atoms with E-state index in [1.807, 2.05) is 19.1 Å². The quantitative estimate of drug-likeness (QED) is 0.636. The number of H-pyrrole nitrogens is 1. The lowest BCUT2D eigenvalue weighted by Gasteiger charge is -2.06. The Balaban J connectivity index is 2.12. The maximum Gasteiger partial charge on any atom is 0.316 e. The Morgan fingerprint density at radius 2 is 2.10 bits per heavy atom. The largest absolute Gasteiger partial charge is 0.361 e. The molecule has 5 N–H and O–H groups in total. The van der Waals surface area contributed by atoms with Crippen molar-refractivity contribution in [1.29, 1.82) is 0 Å². The number of nitrogens with one attached hydrogen (secondary N) is 3. The minimum absolute atomic E-state index is 0.159. The van der Waals surface area contributed by atoms with E-state index in [0.29, 0.717) is 11.3 Å². The van der Waals surface area contributed by atoms with Crippen LogP contribution >= 0.6 is 0 Å². The molecule has 1 aromatic carbocycles. The Morgan fingerprint density at radius 3 is 2.76 bits per heavy atom. The number of benzene rings is 1. The smallest absolute Gasteiger partial charge is 0.316 e. The number of hydrogen-bond acceptors (Lipinski definition) is 2. The van der Waals surface area contributed by atoms with Crippen LogP contribution in [0.25, 0.3) is 11.1 Å². The summed E-state index contributed by atoms with van der Waals surface area (Å²) in [6, 6.07) is 8.31. The standard InChI is InChI=1S/C15H14N4O2/c1-8(11-3-2-6-17-11)13-10-7-9(18-15(16)21)4-5-12(10)19-14(13)20/h2-7,17H,1H3,(H,19,20)(H3,16,18,21)/b13-8+. The molecule has 6 heteroatoms. The molecule has 1 aromatic heterocycles. The molecule has 1 aliphatic heterocycles. The highest BCUT2D eigenvalue weighted by Crippen LogP contribution is 2.37. The Labute approximate surface area is 121 Å². The van der Waals surface area contributed by atoms with Gasteiger partial charge in [-0.3, -0.25) is 4.79 Å². The lowest BCUT2D eigenvalue weighted by Crippen LogP contribution is -2.19. The molecule has 0 atom stereocenters. The van der Waals surface area contributed by atoms with Gasteiger partial charge in [0.05, 0.1) is 5.57 Å². The van der Waals surface area contributed by atoms with Crippen LogP contribution in [-0.2, 0) is 4.79 Å². The maximum absolute atomic E-state index is 12.2. The minimum atomic E-state index is -0.640. The molecule has 3 rings (SSSR count). The van der Waals surface area contributed by atoms with Crippen LogP contribution in [0, 0.1) is 0 Å². The topological polar surface area (TPSA) is 100 Å². The van der Waals surface area contributed by atoms with Crippen molar-refractivity contribution < 1.29 is 9.59 Å². The molecule has 21 heavy (non-hydrogen) atoms. The van der Waals surface area contributed by atoms with E-state index in [1.165, 1.54) is 0 Å². The summed E-state index contributed by atoms with van der Waals surface area (Å²) in [4.78, 5) is 26.2. The summed E-state index contributed by atoms with van der Waals surface area (Å²) in [5, 5.41) is 5.33. The predicted octanol–water partition coefficient (Wildman–Crippen LogP) is 2.39. The number of urea groups is 1. The summed E-state index contributed by atoms with van der Waals surface area (Å²) in [6.45, 7) is 1.88. The van der Waals surface area contributed by atoms with Crippen LogP contribution in [0.15, 0.2) is 36.5 Å². The number of rotatable bonds is 2. The number of fused-ring (bicyclic) bond motifs is 1. The fourth-order valence-electron chi connectivity index (χ4n) is 2.46. The molecular formula is C15H14N4O2. The number of nitrogens with two attached hydrogens (primary N) is 1. The third-order valence-corrected chi connectivity index (χ3v) is 3.41. The van der Waals surface area contributed by atoms with Gasteiger partial charge in [0.15, 0.2) is 0 Å². The van der Waals surface area contributed by atoms with Crippen LogP contribution in [-0.4, -0.2) is 16.9 Å². The van der Waals surface area contributed by atoms with Crippen molar-refractivity contribution in [2.45, 2.75) is 6.92 Å². The SMILES string of the molecule is C/C(=C1\C(=O)Nc2ccc(NC(N)=O)cc21)c1ccc[nH]1. The molecule has 0 radical (unpaired) electrons. The number of carbonyl (C=O) groups excluding carboxylic acids is 2. The molecular weight excluding hydrogens is 268 g/mol. The molecule has 106 valence electrons. The van der Waals surface area contributed by atoms with E-state index in [0.717, 1.165) is 22.5 Å². The monoisotopic (exact) mass is 282 g/mol. The maximum atomic E-state index is 12.2. The normalized spacial score (nSPS) is 15.4. The second kappa shape index (κ2) is 4.82. The first kappa shape index (κ1) is 13.0. The number of allylic oxidation sites excluding steroid dienone is 1. The number of carbonyl (C=O) groups is 2. The first-order chi connectivity index (χ1) is 10.1. The summed E-state index contributed by atoms with van der Waals surface area (Å²) < 4.78 is 0. The van der Waals surface area contributed by atoms with Crippen LogP contribution in [0.1, 0.15) is 18.2 Å². The Kier molecular flexibility index (Phi) is 2.98. The molecule has 0 spiro atoms. The molecule has 3 amide bonds. The average Bonchev–Trinajstić information content (AvgIpc) is 3.04. The van der Waals surface area contributed by atoms with Crippen molar-refractivity contribution in [3.8, 4) is 0 Å². The van der Waals surface area contributed by atoms with E-state index in [-0.39, 0.29) is 5.91 Å². The number of amides is 3. The predicted molar refractivity (Wildman–Crippen MR) is 81.6 cm³/mol. The molecule has 0 saturated carbocycles. The average molecular weight is 282 g/mol. The van der Waals surface area contributed by atoms with Gasteiger partial charge in [0.1, 0.15) is 0 Å². The van der Waals surface area contributed by atoms with E-state index in [1.54, 1.807) is 24.4 Å². The lowest BCUT2D eigenvalue weighted by molar-refractivity contribution is -0.110. The second-order valence-electron chi connectivity index (χ2n) is 4.79. The van der Waals surface area contributed by atoms with E-state index in [4.69, 9.17) is 5.73 Å². The van der Waals surface area contributed by atoms with Gasteiger partial charge in [-0.05, 0) is 42.8 Å². The van der Waals surface area contributed by atoms with E-state index < -0.39 is 6.03 Å². The fraction of sp³-hybridized carbons (Fsp3) is 0.0667. The highest BCUT2D eigenvalue weighted by atomic mass is 16.2. The zero-order chi connectivity index (χ0) is 15.0. The fourth-order valence-corrected chi connectivity index (χ4v) is 2.46. The van der Waals surface area contributed by atoms with Crippen LogP contribution in [0.3, 0.4) is 0 Å². The van der Waals surface area contributed by atoms with Gasteiger partial charge in [-0.1, -0.05) is 0 Å². The number of hydrogen-bond donors (Lipinski definition) is 4. The van der Waals surface area contributed by atoms with Crippen molar-refractivity contribution >= 4 is 34.5 Å². The molecule has 0 aliphatic carbocycles. The first-order valence-corrected chi connectivity index (χ1v) is 6.43. The molecule has 0 saturated heterocycles. The third kappa shape index (κ3) is 2.27. The van der Waals surface area contributed by atoms with Gasteiger partial charge in [0.25, 0.3) is 5.91 Å². The Hall–Kier alpha value is -3.02. The summed E-state index contributed by atoms with van der Waals surface area (Å²) >= 11 is 0. The van der Waals surface area contributed by atoms with Gasteiger partial charge in [0, 0.05) is 28.8 Å². The summed E-state index contributed by atoms with van der Waals surface area (Å²) in [7, 11) is 0. The Bertz CT molecular complexity index is 760. The van der Waals surface area contributed by atoms with Gasteiger partial charge in [-0.2, -0.15) is 0 Å². The molecule has 2 heterocycles. The first-order valence-electron chi connectivity index (χ1n) is 6.43. The Morgan fingerprint density at radius 1 is 1.29 bits per heavy atom. The molecule has 1 aliphatic rings. The lowest BCUT2D eigenvalue weighted by atomic mass is 9.99. The molecule has 6 nitrogen and oxygen atoms in total. The van der Waals surface area contributed by atoms with E-state index in [2.05, 4.69) is 15.6 Å². The van der Waals surface area contributed by atoms with Gasteiger partial charge >= 0.3 is 6.03 Å². The number of aromatic nitrogens is 1. The van der Waals surface area contributed by atoms with Gasteiger partial charge in [0.2, 0.25) is 0 Å². The molecule has 0 unspecified atom stereocenters. The van der Waals surface area contributed by atoms with Crippen molar-refractivity contribution in [3.05, 3.63) is 47.8 Å². The van der Waals surface area contributed by atoms with Gasteiger partial charge < -0.3 is 21.4 Å². The number of primary amides is 1. The number of anilines is 2. The van der Waals surface area contributed by atoms with Crippen LogP contribution in [0.5, 0.6) is 0 Å². The summed E-state index contributed by atoms with van der Waals surface area (Å²) in [5.41, 5.74) is 9.44. The van der Waals surface area contributed by atoms with E-state index >= 15 is 0 Å². The van der Waals surface area contributed by atoms with Gasteiger partial charge in [-0.25, -0.2) is 4.79 Å². The van der Waals surface area contributed by atoms with Crippen molar-refractivity contribution in [2.75, 3.05) is 10.6 Å². The highest BCUT2D eigenvalue weighted by molar-refractivity contribution is 6.36. The second-order valence-corrected chi connectivity index (χ2v) is 4.79. The minimum Gasteiger partial charge on any atom is -0.361 e. The molecule has 0 fully saturated rings. The third-order valence-electron chi connectivity index (χ3n) is 3.41. The van der Waals surface area contributed by atoms with Crippen LogP contribution in [0.2, 0.25) is 0 Å². The zero-order valence-corrected chi connectivity index (χ0v) is 11.4. The summed E-state index contributed by atoms with van der Waals surface area (Å²) in [5.74, 6) is -0.159. The van der Waals surface area contributed by atoms with Crippen molar-refractivity contribution in [1.82, 2.24) is 4.98 Å². The van der Waals surface area contributed by atoms with Gasteiger partial charge in [-0.15, -0.1) is 0 Å². The van der Waals surface area contributed by atoms with Crippen molar-refractivity contribution in [3.63, 3.8) is 0 Å². The van der Waals surface area contributed by atoms with Crippen LogP contribution in [0.4, 0.5) is 16.2 Å². The highest BCUT2D eigenvalue weighted by Gasteiger charge is 2.27. The molecule has 2 aromatic rings. The van der Waals surface area contributed by atoms with Crippen molar-refractivity contribution in [2.24, 2.45) is 5.73 Å².